The van der Waals surface area contributed by atoms with Crippen LogP contribution in [0.3, 0.4) is 0 Å². The number of rotatable bonds is 2. The Balaban J connectivity index is 2.22. The zero-order valence-electron chi connectivity index (χ0n) is 9.02. The van der Waals surface area contributed by atoms with E-state index >= 15 is 0 Å². The average molecular weight is 311 g/mol. The molecule has 0 unspecified atom stereocenters. The van der Waals surface area contributed by atoms with Gasteiger partial charge in [-0.05, 0) is 40.2 Å². The molecular formula is C12H8BrFN2O2. The first-order valence-corrected chi connectivity index (χ1v) is 5.76. The predicted octanol–water partition coefficient (Wildman–Crippen LogP) is 2.94. The zero-order valence-corrected chi connectivity index (χ0v) is 10.6. The van der Waals surface area contributed by atoms with Crippen molar-refractivity contribution in [3.63, 3.8) is 0 Å². The van der Waals surface area contributed by atoms with Crippen molar-refractivity contribution in [3.05, 3.63) is 52.5 Å². The maximum atomic E-state index is 13.3. The number of benzene rings is 1. The number of nitrogens with one attached hydrogen (secondary N) is 1. The smallest absolute Gasteiger partial charge is 0.259 e. The monoisotopic (exact) mass is 310 g/mol. The van der Waals surface area contributed by atoms with Crippen molar-refractivity contribution in [1.29, 1.82) is 0 Å². The second-order valence-corrected chi connectivity index (χ2v) is 4.33. The number of hydrogen-bond donors (Lipinski definition) is 2. The highest BCUT2D eigenvalue weighted by Crippen LogP contribution is 2.21. The number of aromatic hydroxyl groups is 1. The summed E-state index contributed by atoms with van der Waals surface area (Å²) in [5.74, 6) is -1.24. The van der Waals surface area contributed by atoms with E-state index in [1.807, 2.05) is 0 Å². The lowest BCUT2D eigenvalue weighted by Gasteiger charge is -2.06. The van der Waals surface area contributed by atoms with E-state index in [1.54, 1.807) is 6.07 Å². The zero-order chi connectivity index (χ0) is 13.1. The van der Waals surface area contributed by atoms with Crippen LogP contribution in [-0.4, -0.2) is 16.0 Å². The van der Waals surface area contributed by atoms with Gasteiger partial charge in [-0.1, -0.05) is 0 Å². The lowest BCUT2D eigenvalue weighted by molar-refractivity contribution is 0.102. The minimum absolute atomic E-state index is 0.0772. The molecule has 0 spiro atoms. The van der Waals surface area contributed by atoms with Crippen LogP contribution in [0.5, 0.6) is 5.75 Å². The third-order valence-corrected chi connectivity index (χ3v) is 2.87. The Morgan fingerprint density at radius 1 is 1.39 bits per heavy atom. The predicted molar refractivity (Wildman–Crippen MR) is 68.0 cm³/mol. The Kier molecular flexibility index (Phi) is 3.57. The fourth-order valence-electron chi connectivity index (χ4n) is 1.35. The number of carbonyl (C=O) groups is 1. The van der Waals surface area contributed by atoms with Crippen molar-refractivity contribution < 1.29 is 14.3 Å². The van der Waals surface area contributed by atoms with Gasteiger partial charge in [-0.15, -0.1) is 0 Å². The van der Waals surface area contributed by atoms with Crippen LogP contribution < -0.4 is 5.32 Å². The molecule has 0 fully saturated rings. The molecular weight excluding hydrogens is 303 g/mol. The van der Waals surface area contributed by atoms with Gasteiger partial charge in [-0.2, -0.15) is 0 Å². The second kappa shape index (κ2) is 5.14. The van der Waals surface area contributed by atoms with E-state index in [4.69, 9.17) is 0 Å². The van der Waals surface area contributed by atoms with Gasteiger partial charge in [0.15, 0.2) is 0 Å². The van der Waals surface area contributed by atoms with Gasteiger partial charge in [0.1, 0.15) is 11.6 Å². The highest BCUT2D eigenvalue weighted by molar-refractivity contribution is 9.10. The van der Waals surface area contributed by atoms with Crippen LogP contribution >= 0.6 is 15.9 Å². The molecule has 92 valence electrons. The normalized spacial score (nSPS) is 10.1. The lowest BCUT2D eigenvalue weighted by atomic mass is 10.2. The Hall–Kier alpha value is -1.95. The van der Waals surface area contributed by atoms with Gasteiger partial charge in [-0.3, -0.25) is 9.78 Å². The number of pyridine rings is 1. The van der Waals surface area contributed by atoms with Crippen molar-refractivity contribution in [2.45, 2.75) is 0 Å². The number of amides is 1. The minimum Gasteiger partial charge on any atom is -0.505 e. The van der Waals surface area contributed by atoms with E-state index in [-0.39, 0.29) is 11.3 Å². The van der Waals surface area contributed by atoms with Gasteiger partial charge < -0.3 is 10.4 Å². The molecule has 1 heterocycles. The number of carbonyl (C=O) groups excluding carboxylic acids is 1. The van der Waals surface area contributed by atoms with Gasteiger partial charge in [0.05, 0.1) is 16.2 Å². The Morgan fingerprint density at radius 2 is 2.17 bits per heavy atom. The number of halogens is 2. The quantitative estimate of drug-likeness (QED) is 0.896. The molecule has 2 N–H and O–H groups in total. The summed E-state index contributed by atoms with van der Waals surface area (Å²) < 4.78 is 13.6. The third-order valence-electron chi connectivity index (χ3n) is 2.22. The summed E-state index contributed by atoms with van der Waals surface area (Å²) in [7, 11) is 0. The maximum Gasteiger partial charge on any atom is 0.259 e. The first-order chi connectivity index (χ1) is 8.58. The summed E-state index contributed by atoms with van der Waals surface area (Å²) in [6.45, 7) is 0. The molecule has 0 bridgehead atoms. The molecule has 0 saturated carbocycles. The Morgan fingerprint density at radius 3 is 2.83 bits per heavy atom. The van der Waals surface area contributed by atoms with E-state index in [0.29, 0.717) is 10.2 Å². The van der Waals surface area contributed by atoms with Crippen LogP contribution in [-0.2, 0) is 0 Å². The topological polar surface area (TPSA) is 62.2 Å². The standard InChI is InChI=1S/C12H8BrFN2O2/c13-9-2-1-7(5-10(9)14)16-12(18)8-3-4-15-6-11(8)17/h1-6,17H,(H,16,18). The number of aromatic nitrogens is 1. The second-order valence-electron chi connectivity index (χ2n) is 3.48. The first kappa shape index (κ1) is 12.5. The fourth-order valence-corrected chi connectivity index (χ4v) is 1.60. The molecule has 0 aliphatic heterocycles. The minimum atomic E-state index is -0.531. The first-order valence-electron chi connectivity index (χ1n) is 4.97. The van der Waals surface area contributed by atoms with Crippen molar-refractivity contribution in [2.75, 3.05) is 5.32 Å². The van der Waals surface area contributed by atoms with Crippen molar-refractivity contribution in [2.24, 2.45) is 0 Å². The summed E-state index contributed by atoms with van der Waals surface area (Å²) in [5, 5.41) is 11.9. The van der Waals surface area contributed by atoms with Crippen LogP contribution in [0.25, 0.3) is 0 Å². The molecule has 0 saturated heterocycles. The van der Waals surface area contributed by atoms with Crippen LogP contribution in [0, 0.1) is 5.82 Å². The highest BCUT2D eigenvalue weighted by Gasteiger charge is 2.11. The van der Waals surface area contributed by atoms with E-state index in [9.17, 15) is 14.3 Å². The van der Waals surface area contributed by atoms with Crippen molar-refractivity contribution >= 4 is 27.5 Å². The molecule has 1 aromatic heterocycles. The molecule has 0 atom stereocenters. The molecule has 0 aliphatic carbocycles. The summed E-state index contributed by atoms with van der Waals surface area (Å²) in [4.78, 5) is 15.5. The highest BCUT2D eigenvalue weighted by atomic mass is 79.9. The number of nitrogens with zero attached hydrogens (tertiary/aromatic N) is 1. The fraction of sp³-hybridized carbons (Fsp3) is 0. The van der Waals surface area contributed by atoms with Crippen molar-refractivity contribution in [3.8, 4) is 5.75 Å². The number of hydrogen-bond acceptors (Lipinski definition) is 3. The van der Waals surface area contributed by atoms with Crippen LogP contribution in [0.1, 0.15) is 10.4 Å². The lowest BCUT2D eigenvalue weighted by Crippen LogP contribution is -2.12. The van der Waals surface area contributed by atoms with E-state index in [2.05, 4.69) is 26.2 Å². The van der Waals surface area contributed by atoms with Crippen molar-refractivity contribution in [1.82, 2.24) is 4.98 Å². The van der Waals surface area contributed by atoms with E-state index < -0.39 is 11.7 Å². The van der Waals surface area contributed by atoms with Gasteiger partial charge in [-0.25, -0.2) is 4.39 Å². The van der Waals surface area contributed by atoms with Gasteiger partial charge in [0, 0.05) is 11.9 Å². The molecule has 4 nitrogen and oxygen atoms in total. The Labute approximate surface area is 111 Å². The average Bonchev–Trinajstić information content (AvgIpc) is 2.34. The van der Waals surface area contributed by atoms with Gasteiger partial charge in [0.25, 0.3) is 5.91 Å². The molecule has 6 heteroatoms. The summed E-state index contributed by atoms with van der Waals surface area (Å²) in [5.41, 5.74) is 0.380. The third kappa shape index (κ3) is 2.65. The Bertz CT molecular complexity index is 604. The summed E-state index contributed by atoms with van der Waals surface area (Å²) in [6, 6.07) is 5.58. The largest absolute Gasteiger partial charge is 0.505 e. The van der Waals surface area contributed by atoms with Gasteiger partial charge in [0.2, 0.25) is 0 Å². The van der Waals surface area contributed by atoms with Crippen LogP contribution in [0.4, 0.5) is 10.1 Å². The molecule has 1 amide bonds. The molecule has 0 aliphatic rings. The number of anilines is 1. The summed E-state index contributed by atoms with van der Waals surface area (Å²) >= 11 is 3.02. The van der Waals surface area contributed by atoms with Crippen LogP contribution in [0.15, 0.2) is 41.1 Å². The molecule has 1 aromatic carbocycles. The molecule has 18 heavy (non-hydrogen) atoms. The SMILES string of the molecule is O=C(Nc1ccc(Br)c(F)c1)c1ccncc1O. The van der Waals surface area contributed by atoms with Gasteiger partial charge >= 0.3 is 0 Å². The summed E-state index contributed by atoms with van der Waals surface area (Å²) in [6.07, 6.45) is 2.55. The van der Waals surface area contributed by atoms with E-state index in [0.717, 1.165) is 6.20 Å². The van der Waals surface area contributed by atoms with Crippen LogP contribution in [0.2, 0.25) is 0 Å². The van der Waals surface area contributed by atoms with E-state index in [1.165, 1.54) is 24.4 Å². The molecule has 2 rings (SSSR count). The maximum absolute atomic E-state index is 13.3. The molecule has 0 radical (unpaired) electrons. The molecule has 2 aromatic rings.